The van der Waals surface area contributed by atoms with Crippen LogP contribution in [-0.4, -0.2) is 38.3 Å². The van der Waals surface area contributed by atoms with Crippen molar-refractivity contribution in [2.24, 2.45) is 0 Å². The SMILES string of the molecule is COc1ccc(CN(c2ccon2)S(=O)(=O)c2ccc3c(ccc(=O)n3-c3cc(Cl)c(C4CC(F)(F)C4)cc3OC)c2)cc1. The van der Waals surface area contributed by atoms with Crippen molar-refractivity contribution in [3.63, 3.8) is 0 Å². The Morgan fingerprint density at radius 2 is 1.77 bits per heavy atom. The van der Waals surface area contributed by atoms with Gasteiger partial charge in [0.15, 0.2) is 5.82 Å². The van der Waals surface area contributed by atoms with Crippen molar-refractivity contribution in [1.29, 1.82) is 0 Å². The van der Waals surface area contributed by atoms with E-state index in [4.69, 9.17) is 25.6 Å². The Balaban J connectivity index is 1.41. The number of benzene rings is 3. The zero-order valence-electron chi connectivity index (χ0n) is 23.5. The van der Waals surface area contributed by atoms with Crippen molar-refractivity contribution in [2.45, 2.75) is 36.1 Å². The molecule has 0 bridgehead atoms. The van der Waals surface area contributed by atoms with Gasteiger partial charge < -0.3 is 14.0 Å². The highest BCUT2D eigenvalue weighted by Crippen LogP contribution is 2.51. The molecule has 6 rings (SSSR count). The third-order valence-electron chi connectivity index (χ3n) is 7.69. The van der Waals surface area contributed by atoms with E-state index in [-0.39, 0.29) is 40.9 Å². The normalized spacial score (nSPS) is 14.8. The van der Waals surface area contributed by atoms with Gasteiger partial charge in [-0.05, 0) is 65.6 Å². The number of halogens is 3. The van der Waals surface area contributed by atoms with E-state index in [1.165, 1.54) is 60.4 Å². The zero-order chi connectivity index (χ0) is 31.2. The largest absolute Gasteiger partial charge is 0.497 e. The van der Waals surface area contributed by atoms with E-state index in [0.717, 1.165) is 4.31 Å². The first kappa shape index (κ1) is 29.6. The van der Waals surface area contributed by atoms with E-state index < -0.39 is 27.4 Å². The molecule has 1 fully saturated rings. The predicted molar refractivity (Wildman–Crippen MR) is 161 cm³/mol. The molecule has 9 nitrogen and oxygen atoms in total. The fourth-order valence-electron chi connectivity index (χ4n) is 5.37. The Hall–Kier alpha value is -4.42. The van der Waals surface area contributed by atoms with Gasteiger partial charge >= 0.3 is 0 Å². The average molecular weight is 642 g/mol. The van der Waals surface area contributed by atoms with Crippen LogP contribution in [0.1, 0.15) is 29.9 Å². The van der Waals surface area contributed by atoms with Gasteiger partial charge in [-0.25, -0.2) is 21.5 Å². The van der Waals surface area contributed by atoms with Gasteiger partial charge in [0.05, 0.1) is 36.9 Å². The number of hydrogen-bond donors (Lipinski definition) is 0. The quantitative estimate of drug-likeness (QED) is 0.180. The van der Waals surface area contributed by atoms with E-state index in [1.807, 2.05) is 0 Å². The van der Waals surface area contributed by atoms with E-state index in [0.29, 0.717) is 33.5 Å². The number of hydrogen-bond acceptors (Lipinski definition) is 7. The maximum absolute atomic E-state index is 14.0. The molecule has 0 N–H and O–H groups in total. The van der Waals surface area contributed by atoms with Crippen LogP contribution in [0.3, 0.4) is 0 Å². The molecule has 13 heteroatoms. The summed E-state index contributed by atoms with van der Waals surface area (Å²) in [6.45, 7) is -0.0363. The molecule has 0 amide bonds. The predicted octanol–water partition coefficient (Wildman–Crippen LogP) is 6.56. The molecular formula is C31H26ClF2N3O6S. The van der Waals surface area contributed by atoms with Crippen molar-refractivity contribution in [2.75, 3.05) is 18.5 Å². The first-order valence-electron chi connectivity index (χ1n) is 13.5. The van der Waals surface area contributed by atoms with Crippen molar-refractivity contribution >= 4 is 38.3 Å². The lowest BCUT2D eigenvalue weighted by Gasteiger charge is -2.36. The zero-order valence-corrected chi connectivity index (χ0v) is 25.1. The molecule has 1 aliphatic rings. The van der Waals surface area contributed by atoms with Crippen LogP contribution in [0.25, 0.3) is 16.6 Å². The molecule has 0 spiro atoms. The van der Waals surface area contributed by atoms with Crippen molar-refractivity contribution in [3.8, 4) is 17.2 Å². The molecule has 0 unspecified atom stereocenters. The summed E-state index contributed by atoms with van der Waals surface area (Å²) in [4.78, 5) is 13.1. The number of pyridine rings is 1. The van der Waals surface area contributed by atoms with E-state index in [9.17, 15) is 22.0 Å². The van der Waals surface area contributed by atoms with Crippen LogP contribution in [-0.2, 0) is 16.6 Å². The lowest BCUT2D eigenvalue weighted by atomic mass is 9.76. The number of fused-ring (bicyclic) bond motifs is 1. The molecule has 1 saturated carbocycles. The van der Waals surface area contributed by atoms with Gasteiger partial charge in [0.2, 0.25) is 5.92 Å². The van der Waals surface area contributed by atoms with Gasteiger partial charge in [0, 0.05) is 35.4 Å². The molecule has 0 radical (unpaired) electrons. The third kappa shape index (κ3) is 5.39. The number of sulfonamides is 1. The van der Waals surface area contributed by atoms with Gasteiger partial charge in [-0.2, -0.15) is 0 Å². The monoisotopic (exact) mass is 641 g/mol. The summed E-state index contributed by atoms with van der Waals surface area (Å²) in [7, 11) is -1.22. The standard InChI is InChI=1S/C31H26ClF2N3O6S/c1-41-22-6-3-19(4-7-22)18-36(29-11-12-43-35-29)44(39,40)23-8-9-26-20(13-23)5-10-30(38)37(26)27-15-25(32)24(14-28(27)42-2)21-16-31(33,34)17-21/h3-15,21H,16-18H2,1-2H3. The Morgan fingerprint density at radius 3 is 2.41 bits per heavy atom. The molecule has 2 aromatic heterocycles. The molecule has 44 heavy (non-hydrogen) atoms. The second-order valence-electron chi connectivity index (χ2n) is 10.5. The van der Waals surface area contributed by atoms with Crippen LogP contribution in [0.4, 0.5) is 14.6 Å². The molecule has 3 aromatic carbocycles. The number of ether oxygens (including phenoxy) is 2. The highest BCUT2D eigenvalue weighted by atomic mass is 35.5. The van der Waals surface area contributed by atoms with Crippen LogP contribution in [0.15, 0.2) is 93.3 Å². The smallest absolute Gasteiger partial charge is 0.265 e. The minimum absolute atomic E-state index is 0.0363. The Morgan fingerprint density at radius 1 is 1.02 bits per heavy atom. The van der Waals surface area contributed by atoms with Crippen LogP contribution in [0.5, 0.6) is 11.5 Å². The Labute approximate surface area is 256 Å². The number of rotatable bonds is 9. The summed E-state index contributed by atoms with van der Waals surface area (Å²) in [5.41, 5.74) is 1.46. The Kier molecular flexibility index (Phi) is 7.58. The number of alkyl halides is 2. The van der Waals surface area contributed by atoms with Gasteiger partial charge in [0.1, 0.15) is 17.8 Å². The second-order valence-corrected chi connectivity index (χ2v) is 12.7. The molecule has 1 aliphatic carbocycles. The van der Waals surface area contributed by atoms with Gasteiger partial charge in [0.25, 0.3) is 15.6 Å². The number of anilines is 1. The summed E-state index contributed by atoms with van der Waals surface area (Å²) in [6, 6.07) is 18.7. The maximum atomic E-state index is 14.0. The molecule has 2 heterocycles. The van der Waals surface area contributed by atoms with Crippen LogP contribution in [0.2, 0.25) is 5.02 Å². The van der Waals surface area contributed by atoms with Crippen molar-refractivity contribution in [3.05, 3.63) is 106 Å². The highest BCUT2D eigenvalue weighted by Gasteiger charge is 2.46. The number of aromatic nitrogens is 2. The lowest BCUT2D eigenvalue weighted by Crippen LogP contribution is -2.33. The van der Waals surface area contributed by atoms with Crippen LogP contribution < -0.4 is 19.3 Å². The molecule has 228 valence electrons. The van der Waals surface area contributed by atoms with E-state index in [1.54, 1.807) is 37.4 Å². The molecule has 0 atom stereocenters. The molecular weight excluding hydrogens is 616 g/mol. The third-order valence-corrected chi connectivity index (χ3v) is 9.76. The first-order valence-corrected chi connectivity index (χ1v) is 15.3. The van der Waals surface area contributed by atoms with Gasteiger partial charge in [-0.15, -0.1) is 0 Å². The lowest BCUT2D eigenvalue weighted by molar-refractivity contribution is -0.0867. The Bertz CT molecular complexity index is 2010. The van der Waals surface area contributed by atoms with Crippen molar-refractivity contribution in [1.82, 2.24) is 9.72 Å². The maximum Gasteiger partial charge on any atom is 0.265 e. The second kappa shape index (κ2) is 11.3. The summed E-state index contributed by atoms with van der Waals surface area (Å²) >= 11 is 6.54. The average Bonchev–Trinajstić information content (AvgIpc) is 3.53. The molecule has 5 aromatic rings. The van der Waals surface area contributed by atoms with Gasteiger partial charge in [-0.3, -0.25) is 9.36 Å². The minimum atomic E-state index is -4.17. The minimum Gasteiger partial charge on any atom is -0.497 e. The number of nitrogens with zero attached hydrogens (tertiary/aromatic N) is 3. The van der Waals surface area contributed by atoms with E-state index in [2.05, 4.69) is 5.16 Å². The molecule has 0 saturated heterocycles. The first-order chi connectivity index (χ1) is 21.0. The summed E-state index contributed by atoms with van der Waals surface area (Å²) in [6.07, 6.45) is 0.653. The summed E-state index contributed by atoms with van der Waals surface area (Å²) in [5, 5.41) is 4.53. The topological polar surface area (TPSA) is 104 Å². The summed E-state index contributed by atoms with van der Waals surface area (Å²) < 4.78 is 73.3. The fraction of sp³-hybridized carbons (Fsp3) is 0.226. The summed E-state index contributed by atoms with van der Waals surface area (Å²) in [5.74, 6) is -2.18. The van der Waals surface area contributed by atoms with E-state index >= 15 is 0 Å². The highest BCUT2D eigenvalue weighted by molar-refractivity contribution is 7.92. The van der Waals surface area contributed by atoms with Gasteiger partial charge in [-0.1, -0.05) is 28.9 Å². The van der Waals surface area contributed by atoms with Crippen LogP contribution >= 0.6 is 11.6 Å². The number of methoxy groups -OCH3 is 2. The molecule has 0 aliphatic heterocycles. The van der Waals surface area contributed by atoms with Crippen molar-refractivity contribution < 1.29 is 31.2 Å². The van der Waals surface area contributed by atoms with Crippen LogP contribution in [0, 0.1) is 0 Å². The fourth-order valence-corrected chi connectivity index (χ4v) is 7.11.